The van der Waals surface area contributed by atoms with Gasteiger partial charge in [0.05, 0.1) is 6.54 Å². The van der Waals surface area contributed by atoms with Crippen LogP contribution in [0.15, 0.2) is 29.3 Å². The van der Waals surface area contributed by atoms with Gasteiger partial charge in [0, 0.05) is 12.6 Å². The van der Waals surface area contributed by atoms with Gasteiger partial charge in [-0.15, -0.1) is 0 Å². The molecule has 7 heteroatoms. The quantitative estimate of drug-likeness (QED) is 0.584. The predicted octanol–water partition coefficient (Wildman–Crippen LogP) is 1.82. The molecule has 0 aromatic heterocycles. The summed E-state index contributed by atoms with van der Waals surface area (Å²) in [5.41, 5.74) is 0.842. The lowest BCUT2D eigenvalue weighted by atomic mass is 10.0. The Labute approximate surface area is 140 Å². The van der Waals surface area contributed by atoms with Crippen LogP contribution in [0.1, 0.15) is 31.9 Å². The first-order valence-electron chi connectivity index (χ1n) is 7.46. The third-order valence-electron chi connectivity index (χ3n) is 2.83. The van der Waals surface area contributed by atoms with E-state index < -0.39 is 23.7 Å². The minimum absolute atomic E-state index is 0.0998. The van der Waals surface area contributed by atoms with Crippen LogP contribution in [-0.2, 0) is 20.7 Å². The van der Waals surface area contributed by atoms with Crippen molar-refractivity contribution in [2.24, 2.45) is 4.99 Å². The first-order chi connectivity index (χ1) is 11.2. The number of alkyl carbamates (subject to hydrolysis) is 1. The minimum atomic E-state index is -1.14. The first kappa shape index (κ1) is 19.3. The van der Waals surface area contributed by atoms with Gasteiger partial charge in [0.25, 0.3) is 0 Å². The molecule has 0 bridgehead atoms. The van der Waals surface area contributed by atoms with E-state index >= 15 is 0 Å². The number of carboxylic acids is 1. The van der Waals surface area contributed by atoms with Crippen molar-refractivity contribution in [3.05, 3.63) is 35.4 Å². The molecule has 130 valence electrons. The number of carbonyl (C=O) groups excluding carboxylic acids is 2. The zero-order valence-corrected chi connectivity index (χ0v) is 14.0. The van der Waals surface area contributed by atoms with Crippen molar-refractivity contribution in [1.29, 1.82) is 0 Å². The standard InChI is InChI=1S/C17H22N2O5/c1-17(2,3)24-16(23)19-14(15(21)22)10-12-4-6-13(7-5-12)11-18-8-9-20/h4-7,9,11,14H,8,10H2,1-3H3,(H,19,23)(H,21,22). The summed E-state index contributed by atoms with van der Waals surface area (Å²) in [4.78, 5) is 37.1. The van der Waals surface area contributed by atoms with Crippen LogP contribution in [0, 0.1) is 0 Å². The number of hydrogen-bond donors (Lipinski definition) is 2. The average Bonchev–Trinajstić information content (AvgIpc) is 2.46. The van der Waals surface area contributed by atoms with Crippen molar-refractivity contribution in [2.75, 3.05) is 6.54 Å². The summed E-state index contributed by atoms with van der Waals surface area (Å²) in [6.07, 6.45) is 1.61. The number of aliphatic imine (C=N–C) groups is 1. The molecule has 2 N–H and O–H groups in total. The predicted molar refractivity (Wildman–Crippen MR) is 89.5 cm³/mol. The summed E-state index contributed by atoms with van der Waals surface area (Å²) in [6, 6.07) is 5.92. The molecule has 0 fully saturated rings. The fraction of sp³-hybridized carbons (Fsp3) is 0.412. The Balaban J connectivity index is 2.70. The van der Waals surface area contributed by atoms with Crippen LogP contribution in [0.3, 0.4) is 0 Å². The molecule has 1 atom stereocenters. The lowest BCUT2D eigenvalue weighted by Gasteiger charge is -2.22. The summed E-state index contributed by atoms with van der Waals surface area (Å²) in [6.45, 7) is 5.20. The Morgan fingerprint density at radius 1 is 1.29 bits per heavy atom. The second-order valence-electron chi connectivity index (χ2n) is 6.14. The number of rotatable bonds is 7. The van der Waals surface area contributed by atoms with E-state index in [0.717, 1.165) is 11.1 Å². The lowest BCUT2D eigenvalue weighted by Crippen LogP contribution is -2.44. The van der Waals surface area contributed by atoms with Crippen LogP contribution < -0.4 is 5.32 Å². The number of hydrogen-bond acceptors (Lipinski definition) is 5. The highest BCUT2D eigenvalue weighted by Crippen LogP contribution is 2.09. The van der Waals surface area contributed by atoms with Gasteiger partial charge in [-0.1, -0.05) is 24.3 Å². The van der Waals surface area contributed by atoms with Crippen LogP contribution in [0.4, 0.5) is 4.79 Å². The maximum atomic E-state index is 11.7. The molecule has 1 unspecified atom stereocenters. The van der Waals surface area contributed by atoms with E-state index in [4.69, 9.17) is 4.74 Å². The molecule has 1 aromatic rings. The van der Waals surface area contributed by atoms with Gasteiger partial charge in [0.2, 0.25) is 0 Å². The van der Waals surface area contributed by atoms with Gasteiger partial charge < -0.3 is 20.0 Å². The van der Waals surface area contributed by atoms with Crippen LogP contribution in [0.5, 0.6) is 0 Å². The molecule has 0 saturated carbocycles. The summed E-state index contributed by atoms with van der Waals surface area (Å²) in [5, 5.41) is 11.6. The molecule has 0 aliphatic heterocycles. The number of ether oxygens (including phenoxy) is 1. The van der Waals surface area contributed by atoms with Gasteiger partial charge in [0.15, 0.2) is 0 Å². The molecule has 0 aliphatic carbocycles. The smallest absolute Gasteiger partial charge is 0.408 e. The van der Waals surface area contributed by atoms with E-state index in [0.29, 0.717) is 6.29 Å². The number of aldehydes is 1. The van der Waals surface area contributed by atoms with Crippen molar-refractivity contribution >= 4 is 24.6 Å². The van der Waals surface area contributed by atoms with Crippen molar-refractivity contribution in [1.82, 2.24) is 5.32 Å². The number of carboxylic acid groups (broad SMARTS) is 1. The van der Waals surface area contributed by atoms with E-state index in [1.54, 1.807) is 51.3 Å². The fourth-order valence-electron chi connectivity index (χ4n) is 1.83. The summed E-state index contributed by atoms with van der Waals surface area (Å²) < 4.78 is 5.07. The van der Waals surface area contributed by atoms with E-state index in [2.05, 4.69) is 10.3 Å². The normalized spacial score (nSPS) is 12.6. The number of carbonyl (C=O) groups is 3. The zero-order valence-electron chi connectivity index (χ0n) is 14.0. The van der Waals surface area contributed by atoms with Gasteiger partial charge in [0.1, 0.15) is 17.9 Å². The molecule has 1 aromatic carbocycles. The summed E-state index contributed by atoms with van der Waals surface area (Å²) in [5.74, 6) is -1.14. The minimum Gasteiger partial charge on any atom is -0.480 e. The molecule has 24 heavy (non-hydrogen) atoms. The zero-order chi connectivity index (χ0) is 18.2. The van der Waals surface area contributed by atoms with Gasteiger partial charge in [-0.2, -0.15) is 0 Å². The third kappa shape index (κ3) is 7.53. The molecule has 1 rings (SSSR count). The summed E-state index contributed by atoms with van der Waals surface area (Å²) >= 11 is 0. The third-order valence-corrected chi connectivity index (χ3v) is 2.83. The van der Waals surface area contributed by atoms with Gasteiger partial charge in [-0.3, -0.25) is 4.99 Å². The lowest BCUT2D eigenvalue weighted by molar-refractivity contribution is -0.139. The Bertz CT molecular complexity index is 602. The SMILES string of the molecule is CC(C)(C)OC(=O)NC(Cc1ccc(C=NCC=O)cc1)C(=O)O. The molecular weight excluding hydrogens is 312 g/mol. The first-order valence-corrected chi connectivity index (χ1v) is 7.46. The van der Waals surface area contributed by atoms with E-state index in [1.165, 1.54) is 0 Å². The molecule has 0 spiro atoms. The highest BCUT2D eigenvalue weighted by Gasteiger charge is 2.24. The number of nitrogens with one attached hydrogen (secondary N) is 1. The topological polar surface area (TPSA) is 105 Å². The number of amides is 1. The molecule has 7 nitrogen and oxygen atoms in total. The monoisotopic (exact) mass is 334 g/mol. The van der Waals surface area contributed by atoms with Crippen molar-refractivity contribution in [2.45, 2.75) is 38.8 Å². The molecule has 0 heterocycles. The molecule has 1 amide bonds. The van der Waals surface area contributed by atoms with Gasteiger partial charge >= 0.3 is 12.1 Å². The van der Waals surface area contributed by atoms with Gasteiger partial charge in [-0.25, -0.2) is 9.59 Å². The maximum absolute atomic E-state index is 11.7. The number of aliphatic carboxylic acids is 1. The van der Waals surface area contributed by atoms with Crippen LogP contribution in [0.2, 0.25) is 0 Å². The molecule has 0 radical (unpaired) electrons. The van der Waals surface area contributed by atoms with Crippen LogP contribution in [-0.4, -0.2) is 47.9 Å². The Morgan fingerprint density at radius 3 is 2.42 bits per heavy atom. The van der Waals surface area contributed by atoms with E-state index in [1.807, 2.05) is 0 Å². The van der Waals surface area contributed by atoms with Crippen LogP contribution in [0.25, 0.3) is 0 Å². The second-order valence-corrected chi connectivity index (χ2v) is 6.14. The Kier molecular flexibility index (Phi) is 7.10. The number of benzene rings is 1. The average molecular weight is 334 g/mol. The van der Waals surface area contributed by atoms with Crippen molar-refractivity contribution in [3.8, 4) is 0 Å². The van der Waals surface area contributed by atoms with Crippen molar-refractivity contribution in [3.63, 3.8) is 0 Å². The van der Waals surface area contributed by atoms with Crippen molar-refractivity contribution < 1.29 is 24.2 Å². The fourth-order valence-corrected chi connectivity index (χ4v) is 1.83. The molecular formula is C17H22N2O5. The highest BCUT2D eigenvalue weighted by molar-refractivity contribution is 5.81. The van der Waals surface area contributed by atoms with Gasteiger partial charge in [-0.05, 0) is 31.9 Å². The molecule has 0 saturated heterocycles. The molecule has 0 aliphatic rings. The second kappa shape index (κ2) is 8.81. The number of nitrogens with zero attached hydrogens (tertiary/aromatic N) is 1. The van der Waals surface area contributed by atoms with E-state index in [-0.39, 0.29) is 13.0 Å². The Hall–Kier alpha value is -2.70. The maximum Gasteiger partial charge on any atom is 0.408 e. The van der Waals surface area contributed by atoms with E-state index in [9.17, 15) is 19.5 Å². The Morgan fingerprint density at radius 2 is 1.92 bits per heavy atom. The largest absolute Gasteiger partial charge is 0.480 e. The summed E-state index contributed by atoms with van der Waals surface area (Å²) in [7, 11) is 0. The highest BCUT2D eigenvalue weighted by atomic mass is 16.6. The van der Waals surface area contributed by atoms with Crippen LogP contribution >= 0.6 is 0 Å².